The maximum absolute atomic E-state index is 4.78. The van der Waals surface area contributed by atoms with Gasteiger partial charge in [-0.1, -0.05) is 42.7 Å². The standard InChI is InChI=1S/C19H28N6.HI/c1-14-8-10-16(11-9-14)12-20-19(22-17-6-4-5-7-17)21-13-18-24-23-15(2)25(18)3;/h8-11,17H,4-7,12-13H2,1-3H3,(H2,20,21,22);1H. The highest BCUT2D eigenvalue weighted by Gasteiger charge is 2.16. The van der Waals surface area contributed by atoms with Gasteiger partial charge >= 0.3 is 0 Å². The largest absolute Gasteiger partial charge is 0.354 e. The van der Waals surface area contributed by atoms with Gasteiger partial charge in [-0.2, -0.15) is 0 Å². The van der Waals surface area contributed by atoms with Crippen molar-refractivity contribution in [3.8, 4) is 0 Å². The van der Waals surface area contributed by atoms with Crippen LogP contribution in [0.3, 0.4) is 0 Å². The molecule has 1 aliphatic carbocycles. The number of aryl methyl sites for hydroxylation is 2. The molecular weight excluding hydrogens is 439 g/mol. The molecule has 1 aliphatic rings. The summed E-state index contributed by atoms with van der Waals surface area (Å²) in [7, 11) is 1.99. The molecule has 7 heteroatoms. The van der Waals surface area contributed by atoms with E-state index >= 15 is 0 Å². The van der Waals surface area contributed by atoms with E-state index in [1.807, 2.05) is 18.5 Å². The molecule has 1 heterocycles. The molecule has 0 saturated heterocycles. The van der Waals surface area contributed by atoms with Crippen LogP contribution in [0.2, 0.25) is 0 Å². The van der Waals surface area contributed by atoms with Crippen LogP contribution < -0.4 is 10.6 Å². The molecule has 0 spiro atoms. The van der Waals surface area contributed by atoms with E-state index in [9.17, 15) is 0 Å². The quantitative estimate of drug-likeness (QED) is 0.402. The highest BCUT2D eigenvalue weighted by molar-refractivity contribution is 14.0. The van der Waals surface area contributed by atoms with Crippen LogP contribution in [0.4, 0.5) is 0 Å². The summed E-state index contributed by atoms with van der Waals surface area (Å²) >= 11 is 0. The first-order valence-corrected chi connectivity index (χ1v) is 9.07. The minimum Gasteiger partial charge on any atom is -0.354 e. The molecule has 0 atom stereocenters. The number of hydrogen-bond donors (Lipinski definition) is 2. The SMILES string of the molecule is Cc1ccc(CN=C(NCc2nnc(C)n2C)NC2CCCC2)cc1.I. The normalized spacial score (nSPS) is 15.0. The van der Waals surface area contributed by atoms with E-state index < -0.39 is 0 Å². The Kier molecular flexibility index (Phi) is 7.86. The predicted octanol–water partition coefficient (Wildman–Crippen LogP) is 3.23. The van der Waals surface area contributed by atoms with E-state index in [0.717, 1.165) is 17.6 Å². The number of halogens is 1. The minimum absolute atomic E-state index is 0. The van der Waals surface area contributed by atoms with Gasteiger partial charge in [0.1, 0.15) is 5.82 Å². The maximum atomic E-state index is 4.78. The van der Waals surface area contributed by atoms with Crippen LogP contribution in [0.1, 0.15) is 48.5 Å². The van der Waals surface area contributed by atoms with Crippen LogP contribution in [0.5, 0.6) is 0 Å². The Balaban J connectivity index is 0.00000243. The number of guanidine groups is 1. The van der Waals surface area contributed by atoms with Crippen molar-refractivity contribution >= 4 is 29.9 Å². The third kappa shape index (κ3) is 5.69. The zero-order chi connectivity index (χ0) is 17.6. The van der Waals surface area contributed by atoms with Gasteiger partial charge in [-0.15, -0.1) is 34.2 Å². The van der Waals surface area contributed by atoms with Gasteiger partial charge in [0, 0.05) is 13.1 Å². The second-order valence-electron chi connectivity index (χ2n) is 6.85. The van der Waals surface area contributed by atoms with Crippen LogP contribution in [-0.4, -0.2) is 26.8 Å². The molecule has 2 aromatic rings. The van der Waals surface area contributed by atoms with Gasteiger partial charge in [0.25, 0.3) is 0 Å². The molecule has 0 aliphatic heterocycles. The molecule has 26 heavy (non-hydrogen) atoms. The third-order valence-electron chi connectivity index (χ3n) is 4.83. The van der Waals surface area contributed by atoms with E-state index in [1.54, 1.807) is 0 Å². The number of aliphatic imine (C=N–C) groups is 1. The lowest BCUT2D eigenvalue weighted by Crippen LogP contribution is -2.42. The molecule has 1 aromatic heterocycles. The topological polar surface area (TPSA) is 67.1 Å². The second-order valence-corrected chi connectivity index (χ2v) is 6.85. The predicted molar refractivity (Wildman–Crippen MR) is 116 cm³/mol. The Morgan fingerprint density at radius 2 is 1.85 bits per heavy atom. The summed E-state index contributed by atoms with van der Waals surface area (Å²) in [5, 5.41) is 15.3. The van der Waals surface area contributed by atoms with Crippen molar-refractivity contribution in [1.82, 2.24) is 25.4 Å². The number of nitrogens with one attached hydrogen (secondary N) is 2. The fourth-order valence-electron chi connectivity index (χ4n) is 3.05. The van der Waals surface area contributed by atoms with Crippen molar-refractivity contribution in [2.45, 2.75) is 58.7 Å². The molecule has 0 amide bonds. The van der Waals surface area contributed by atoms with Crippen LogP contribution in [-0.2, 0) is 20.1 Å². The molecule has 2 N–H and O–H groups in total. The number of benzene rings is 1. The van der Waals surface area contributed by atoms with E-state index in [0.29, 0.717) is 19.1 Å². The van der Waals surface area contributed by atoms with Gasteiger partial charge in [0.2, 0.25) is 0 Å². The average Bonchev–Trinajstić information content (AvgIpc) is 3.23. The Bertz CT molecular complexity index is 716. The lowest BCUT2D eigenvalue weighted by Gasteiger charge is -2.17. The van der Waals surface area contributed by atoms with E-state index in [-0.39, 0.29) is 24.0 Å². The van der Waals surface area contributed by atoms with Crippen LogP contribution in [0.25, 0.3) is 0 Å². The zero-order valence-electron chi connectivity index (χ0n) is 15.8. The van der Waals surface area contributed by atoms with Gasteiger partial charge in [-0.25, -0.2) is 4.99 Å². The number of nitrogens with zero attached hydrogens (tertiary/aromatic N) is 4. The molecule has 1 aromatic carbocycles. The van der Waals surface area contributed by atoms with Gasteiger partial charge in [-0.05, 0) is 32.3 Å². The fraction of sp³-hybridized carbons (Fsp3) is 0.526. The average molecular weight is 468 g/mol. The first kappa shape index (κ1) is 20.7. The van der Waals surface area contributed by atoms with Gasteiger partial charge in [0.15, 0.2) is 11.8 Å². The second kappa shape index (κ2) is 9.89. The van der Waals surface area contributed by atoms with Gasteiger partial charge < -0.3 is 15.2 Å². The van der Waals surface area contributed by atoms with Crippen molar-refractivity contribution < 1.29 is 0 Å². The first-order chi connectivity index (χ1) is 12.1. The smallest absolute Gasteiger partial charge is 0.192 e. The Morgan fingerprint density at radius 1 is 1.15 bits per heavy atom. The van der Waals surface area contributed by atoms with E-state index in [4.69, 9.17) is 4.99 Å². The van der Waals surface area contributed by atoms with Crippen molar-refractivity contribution in [3.63, 3.8) is 0 Å². The number of hydrogen-bond acceptors (Lipinski definition) is 3. The molecule has 0 bridgehead atoms. The molecule has 3 rings (SSSR count). The number of rotatable bonds is 5. The summed E-state index contributed by atoms with van der Waals surface area (Å²) in [6.07, 6.45) is 5.03. The molecule has 1 fully saturated rings. The van der Waals surface area contributed by atoms with Gasteiger partial charge in [-0.3, -0.25) is 0 Å². The van der Waals surface area contributed by atoms with Crippen LogP contribution >= 0.6 is 24.0 Å². The molecule has 6 nitrogen and oxygen atoms in total. The summed E-state index contributed by atoms with van der Waals surface area (Å²) < 4.78 is 2.00. The van der Waals surface area contributed by atoms with E-state index in [2.05, 4.69) is 52.0 Å². The van der Waals surface area contributed by atoms with Gasteiger partial charge in [0.05, 0.1) is 13.1 Å². The first-order valence-electron chi connectivity index (χ1n) is 9.07. The molecule has 1 saturated carbocycles. The highest BCUT2D eigenvalue weighted by Crippen LogP contribution is 2.17. The summed E-state index contributed by atoms with van der Waals surface area (Å²) in [6.45, 7) is 5.34. The maximum Gasteiger partial charge on any atom is 0.192 e. The van der Waals surface area contributed by atoms with Crippen molar-refractivity contribution in [3.05, 3.63) is 47.0 Å². The Labute approximate surface area is 172 Å². The third-order valence-corrected chi connectivity index (χ3v) is 4.83. The molecule has 0 radical (unpaired) electrons. The highest BCUT2D eigenvalue weighted by atomic mass is 127. The summed E-state index contributed by atoms with van der Waals surface area (Å²) in [5.41, 5.74) is 2.49. The lowest BCUT2D eigenvalue weighted by molar-refractivity contribution is 0.606. The molecule has 0 unspecified atom stereocenters. The fourth-order valence-corrected chi connectivity index (χ4v) is 3.05. The molecular formula is C19H29IN6. The lowest BCUT2D eigenvalue weighted by atomic mass is 10.1. The van der Waals surface area contributed by atoms with Crippen LogP contribution in [0, 0.1) is 13.8 Å². The monoisotopic (exact) mass is 468 g/mol. The minimum atomic E-state index is 0. The molecule has 142 valence electrons. The summed E-state index contributed by atoms with van der Waals surface area (Å²) in [4.78, 5) is 4.78. The number of aromatic nitrogens is 3. The van der Waals surface area contributed by atoms with E-state index in [1.165, 1.54) is 36.8 Å². The Morgan fingerprint density at radius 3 is 2.46 bits per heavy atom. The van der Waals surface area contributed by atoms with Crippen LogP contribution in [0.15, 0.2) is 29.3 Å². The zero-order valence-corrected chi connectivity index (χ0v) is 18.2. The van der Waals surface area contributed by atoms with Crippen molar-refractivity contribution in [2.75, 3.05) is 0 Å². The summed E-state index contributed by atoms with van der Waals surface area (Å²) in [5.74, 6) is 2.68. The Hall–Kier alpha value is -1.64. The van der Waals surface area contributed by atoms with Crippen molar-refractivity contribution in [2.24, 2.45) is 12.0 Å². The summed E-state index contributed by atoms with van der Waals surface area (Å²) in [6, 6.07) is 9.05. The van der Waals surface area contributed by atoms with Crippen molar-refractivity contribution in [1.29, 1.82) is 0 Å².